The van der Waals surface area contributed by atoms with Crippen LogP contribution in [0.4, 0.5) is 21.9 Å². The summed E-state index contributed by atoms with van der Waals surface area (Å²) < 4.78 is 0. The van der Waals surface area contributed by atoms with Crippen molar-refractivity contribution in [2.75, 3.05) is 10.6 Å². The minimum Gasteiger partial charge on any atom is -0.308 e. The molecule has 0 aliphatic rings. The number of nitro benzene ring substituents is 1. The second kappa shape index (κ2) is 10.4. The normalized spacial score (nSPS) is 11.0. The fraction of sp³-hybridized carbons (Fsp3) is 0.0417. The molecule has 1 aromatic heterocycles. The van der Waals surface area contributed by atoms with Crippen LogP contribution in [0.15, 0.2) is 71.5 Å². The molecule has 3 aromatic carbocycles. The van der Waals surface area contributed by atoms with E-state index in [9.17, 15) is 19.7 Å². The summed E-state index contributed by atoms with van der Waals surface area (Å²) in [6.07, 6.45) is 4.07. The maximum Gasteiger partial charge on any atom is 0.323 e. The number of allylic oxidation sites excluding steroid dienone is 1. The predicted octanol–water partition coefficient (Wildman–Crippen LogP) is 6.04. The standard InChI is InChI=1S/C24H17Cl2N5O4/c25-20-11-7-16(13-21(20)26)28-24(33)27-15-6-10-18-19(12-15)23(32)30-29-22(18)3-1-2-14-4-8-17(9-5-14)31(34)35/h1-2,4-13H,3H2,(H,30,32)(H2,27,28,33). The summed E-state index contributed by atoms with van der Waals surface area (Å²) in [5.74, 6) is 0. The highest BCUT2D eigenvalue weighted by molar-refractivity contribution is 6.42. The van der Waals surface area contributed by atoms with E-state index < -0.39 is 16.5 Å². The number of amides is 2. The van der Waals surface area contributed by atoms with Crippen molar-refractivity contribution in [2.24, 2.45) is 0 Å². The molecule has 3 N–H and O–H groups in total. The minimum atomic E-state index is -0.514. The zero-order valence-corrected chi connectivity index (χ0v) is 19.4. The van der Waals surface area contributed by atoms with E-state index >= 15 is 0 Å². The van der Waals surface area contributed by atoms with Gasteiger partial charge in [0, 0.05) is 35.3 Å². The van der Waals surface area contributed by atoms with Crippen LogP contribution in [0.2, 0.25) is 10.0 Å². The van der Waals surface area contributed by atoms with Gasteiger partial charge >= 0.3 is 6.03 Å². The molecular weight excluding hydrogens is 493 g/mol. The third-order valence-electron chi connectivity index (χ3n) is 5.03. The Morgan fingerprint density at radius 3 is 2.34 bits per heavy atom. The number of hydrogen-bond acceptors (Lipinski definition) is 5. The van der Waals surface area contributed by atoms with E-state index in [2.05, 4.69) is 20.8 Å². The molecule has 9 nitrogen and oxygen atoms in total. The molecule has 0 saturated carbocycles. The van der Waals surface area contributed by atoms with Crippen LogP contribution in [-0.4, -0.2) is 21.2 Å². The number of carbonyl (C=O) groups is 1. The summed E-state index contributed by atoms with van der Waals surface area (Å²) in [6.45, 7) is 0. The van der Waals surface area contributed by atoms with E-state index in [-0.39, 0.29) is 5.69 Å². The maximum absolute atomic E-state index is 12.4. The maximum atomic E-state index is 12.4. The number of halogens is 2. The van der Waals surface area contributed by atoms with Gasteiger partial charge in [0.25, 0.3) is 11.2 Å². The van der Waals surface area contributed by atoms with Gasteiger partial charge in [0.05, 0.1) is 26.0 Å². The van der Waals surface area contributed by atoms with Gasteiger partial charge in [-0.2, -0.15) is 5.10 Å². The topological polar surface area (TPSA) is 130 Å². The minimum absolute atomic E-state index is 0.0190. The van der Waals surface area contributed by atoms with Crippen LogP contribution >= 0.6 is 23.2 Å². The molecule has 0 aliphatic heterocycles. The fourth-order valence-electron chi connectivity index (χ4n) is 3.34. The van der Waals surface area contributed by atoms with Gasteiger partial charge in [0.15, 0.2) is 0 Å². The number of benzene rings is 3. The number of fused-ring (bicyclic) bond motifs is 1. The van der Waals surface area contributed by atoms with Crippen LogP contribution in [0.1, 0.15) is 11.3 Å². The first-order valence-electron chi connectivity index (χ1n) is 10.3. The van der Waals surface area contributed by atoms with E-state index in [1.165, 1.54) is 18.2 Å². The molecule has 2 amide bonds. The molecule has 1 heterocycles. The molecule has 176 valence electrons. The summed E-state index contributed by atoms with van der Waals surface area (Å²) in [7, 11) is 0. The molecule has 0 atom stereocenters. The number of nitrogens with one attached hydrogen (secondary N) is 3. The van der Waals surface area contributed by atoms with Crippen molar-refractivity contribution in [1.82, 2.24) is 10.2 Å². The van der Waals surface area contributed by atoms with Gasteiger partial charge in [-0.1, -0.05) is 41.4 Å². The third-order valence-corrected chi connectivity index (χ3v) is 5.77. The van der Waals surface area contributed by atoms with E-state index in [0.717, 1.165) is 5.56 Å². The molecule has 35 heavy (non-hydrogen) atoms. The third kappa shape index (κ3) is 5.84. The Bertz CT molecular complexity index is 1520. The summed E-state index contributed by atoms with van der Waals surface area (Å²) >= 11 is 11.9. The predicted molar refractivity (Wildman–Crippen MR) is 137 cm³/mol. The highest BCUT2D eigenvalue weighted by Crippen LogP contribution is 2.25. The lowest BCUT2D eigenvalue weighted by atomic mass is 10.1. The number of aromatic nitrogens is 2. The van der Waals surface area contributed by atoms with Crippen LogP contribution in [0, 0.1) is 10.1 Å². The highest BCUT2D eigenvalue weighted by Gasteiger charge is 2.10. The Labute approximate surface area is 208 Å². The Morgan fingerprint density at radius 2 is 1.66 bits per heavy atom. The fourth-order valence-corrected chi connectivity index (χ4v) is 3.64. The first-order chi connectivity index (χ1) is 16.8. The van der Waals surface area contributed by atoms with Crippen LogP contribution in [-0.2, 0) is 6.42 Å². The first kappa shape index (κ1) is 23.9. The van der Waals surface area contributed by atoms with Crippen LogP contribution in [0.5, 0.6) is 0 Å². The molecule has 0 unspecified atom stereocenters. The first-order valence-corrected chi connectivity index (χ1v) is 11.0. The number of urea groups is 1. The largest absolute Gasteiger partial charge is 0.323 e. The molecular formula is C24H17Cl2N5O4. The van der Waals surface area contributed by atoms with E-state index in [1.807, 2.05) is 12.2 Å². The van der Waals surface area contributed by atoms with Crippen molar-refractivity contribution >= 4 is 63.1 Å². The molecule has 0 fully saturated rings. The molecule has 0 saturated heterocycles. The Balaban J connectivity index is 1.48. The van der Waals surface area contributed by atoms with Gasteiger partial charge in [-0.3, -0.25) is 14.9 Å². The number of hydrogen-bond donors (Lipinski definition) is 3. The summed E-state index contributed by atoms with van der Waals surface area (Å²) in [5, 5.41) is 24.4. The summed E-state index contributed by atoms with van der Waals surface area (Å²) in [5.41, 5.74) is 1.93. The summed E-state index contributed by atoms with van der Waals surface area (Å²) in [6, 6.07) is 15.3. The van der Waals surface area contributed by atoms with Gasteiger partial charge in [0.2, 0.25) is 0 Å². The number of nitro groups is 1. The number of H-pyrrole nitrogens is 1. The Kier molecular flexibility index (Phi) is 7.09. The van der Waals surface area contributed by atoms with E-state index in [4.69, 9.17) is 23.2 Å². The molecule has 0 spiro atoms. The molecule has 0 bridgehead atoms. The number of nitrogens with zero attached hydrogens (tertiary/aromatic N) is 2. The molecule has 0 radical (unpaired) electrons. The summed E-state index contributed by atoms with van der Waals surface area (Å²) in [4.78, 5) is 35.0. The van der Waals surface area contributed by atoms with E-state index in [0.29, 0.717) is 44.3 Å². The Hall–Kier alpha value is -4.21. The van der Waals surface area contributed by atoms with Crippen molar-refractivity contribution in [3.8, 4) is 0 Å². The SMILES string of the molecule is O=C(Nc1ccc(Cl)c(Cl)c1)Nc1ccc2c(CC=Cc3ccc([N+](=O)[O-])cc3)n[nH]c(=O)c2c1. The number of non-ortho nitro benzene ring substituents is 1. The van der Waals surface area contributed by atoms with Crippen LogP contribution in [0.25, 0.3) is 16.8 Å². The van der Waals surface area contributed by atoms with Crippen LogP contribution < -0.4 is 16.2 Å². The molecule has 0 aliphatic carbocycles. The van der Waals surface area contributed by atoms with Gasteiger partial charge in [0.1, 0.15) is 0 Å². The molecule has 4 aromatic rings. The van der Waals surface area contributed by atoms with Gasteiger partial charge in [-0.25, -0.2) is 9.89 Å². The number of anilines is 2. The van der Waals surface area contributed by atoms with E-state index in [1.54, 1.807) is 42.5 Å². The van der Waals surface area contributed by atoms with Gasteiger partial charge < -0.3 is 10.6 Å². The highest BCUT2D eigenvalue weighted by atomic mass is 35.5. The quantitative estimate of drug-likeness (QED) is 0.215. The van der Waals surface area contributed by atoms with Crippen molar-refractivity contribution in [1.29, 1.82) is 0 Å². The lowest BCUT2D eigenvalue weighted by molar-refractivity contribution is -0.384. The Morgan fingerprint density at radius 1 is 0.971 bits per heavy atom. The average Bonchev–Trinajstić information content (AvgIpc) is 2.83. The molecule has 11 heteroatoms. The van der Waals surface area contributed by atoms with Crippen molar-refractivity contribution in [3.05, 3.63) is 109 Å². The van der Waals surface area contributed by atoms with Crippen molar-refractivity contribution in [3.63, 3.8) is 0 Å². The molecule has 4 rings (SSSR count). The number of carbonyl (C=O) groups excluding carboxylic acids is 1. The zero-order chi connectivity index (χ0) is 24.9. The van der Waals surface area contributed by atoms with Crippen LogP contribution in [0.3, 0.4) is 0 Å². The van der Waals surface area contributed by atoms with Crippen molar-refractivity contribution < 1.29 is 9.72 Å². The van der Waals surface area contributed by atoms with Crippen molar-refractivity contribution in [2.45, 2.75) is 6.42 Å². The smallest absolute Gasteiger partial charge is 0.308 e. The number of rotatable bonds is 6. The average molecular weight is 510 g/mol. The monoisotopic (exact) mass is 509 g/mol. The van der Waals surface area contributed by atoms with Gasteiger partial charge in [-0.05, 0) is 48.0 Å². The second-order valence-corrected chi connectivity index (χ2v) is 8.24. The lowest BCUT2D eigenvalue weighted by Gasteiger charge is -2.10. The number of aromatic amines is 1. The zero-order valence-electron chi connectivity index (χ0n) is 17.9. The lowest BCUT2D eigenvalue weighted by Crippen LogP contribution is -2.19. The second-order valence-electron chi connectivity index (χ2n) is 7.42. The van der Waals surface area contributed by atoms with Gasteiger partial charge in [-0.15, -0.1) is 0 Å².